The lowest BCUT2D eigenvalue weighted by molar-refractivity contribution is 0.265. The number of nitrogens with two attached hydrogens (primary N) is 3. The number of rotatable bonds is 4. The molecule has 4 aromatic rings. The van der Waals surface area contributed by atoms with Crippen LogP contribution in [0.3, 0.4) is 0 Å². The molecule has 160 valence electrons. The van der Waals surface area contributed by atoms with Crippen LogP contribution in [0.4, 0.5) is 21.5 Å². The van der Waals surface area contributed by atoms with Gasteiger partial charge in [0.25, 0.3) is 0 Å². The third kappa shape index (κ3) is 3.44. The van der Waals surface area contributed by atoms with Gasteiger partial charge < -0.3 is 21.8 Å². The van der Waals surface area contributed by atoms with Crippen molar-refractivity contribution in [2.24, 2.45) is 5.92 Å². The third-order valence-corrected chi connectivity index (χ3v) is 6.56. The van der Waals surface area contributed by atoms with Gasteiger partial charge in [0.05, 0.1) is 22.6 Å². The van der Waals surface area contributed by atoms with Gasteiger partial charge in [-0.3, -0.25) is 4.98 Å². The molecule has 6 nitrogen and oxygen atoms in total. The molecule has 3 heterocycles. The number of anilines is 3. The number of aromatic nitrogens is 3. The summed E-state index contributed by atoms with van der Waals surface area (Å²) in [4.78, 5) is 9.03. The highest BCUT2D eigenvalue weighted by Crippen LogP contribution is 2.42. The van der Waals surface area contributed by atoms with Crippen molar-refractivity contribution in [3.05, 3.63) is 54.0 Å². The van der Waals surface area contributed by atoms with Crippen LogP contribution in [0.15, 0.2) is 42.7 Å². The van der Waals surface area contributed by atoms with Gasteiger partial charge in [-0.1, -0.05) is 12.1 Å². The lowest BCUT2D eigenvalue weighted by Crippen LogP contribution is -2.14. The Labute approximate surface area is 180 Å². The van der Waals surface area contributed by atoms with E-state index in [1.54, 1.807) is 18.5 Å². The highest BCUT2D eigenvalue weighted by atomic mass is 19.1. The Morgan fingerprint density at radius 2 is 1.90 bits per heavy atom. The monoisotopic (exact) mass is 418 g/mol. The van der Waals surface area contributed by atoms with Crippen molar-refractivity contribution < 1.29 is 4.39 Å². The fraction of sp³-hybridized carbons (Fsp3) is 0.333. The van der Waals surface area contributed by atoms with Gasteiger partial charge in [-0.2, -0.15) is 0 Å². The summed E-state index contributed by atoms with van der Waals surface area (Å²) in [6.07, 6.45) is 5.63. The van der Waals surface area contributed by atoms with Gasteiger partial charge in [0, 0.05) is 34.8 Å². The highest BCUT2D eigenvalue weighted by molar-refractivity contribution is 5.98. The van der Waals surface area contributed by atoms with Crippen LogP contribution >= 0.6 is 0 Å². The number of hydrogen-bond acceptors (Lipinski definition) is 5. The van der Waals surface area contributed by atoms with Crippen LogP contribution in [0.1, 0.15) is 36.6 Å². The number of aryl methyl sites for hydroxylation is 2. The van der Waals surface area contributed by atoms with Crippen molar-refractivity contribution in [1.29, 1.82) is 0 Å². The Balaban J connectivity index is 1.33. The Bertz CT molecular complexity index is 1280. The number of benzene rings is 1. The molecule has 0 aliphatic heterocycles. The smallest absolute Gasteiger partial charge is 0.144 e. The van der Waals surface area contributed by atoms with Crippen molar-refractivity contribution in [1.82, 2.24) is 14.5 Å². The highest BCUT2D eigenvalue weighted by Gasteiger charge is 2.36. The molecule has 0 amide bonds. The molecule has 1 aliphatic carbocycles. The van der Waals surface area contributed by atoms with E-state index in [1.165, 1.54) is 5.56 Å². The van der Waals surface area contributed by atoms with Crippen molar-refractivity contribution in [2.45, 2.75) is 44.8 Å². The van der Waals surface area contributed by atoms with E-state index < -0.39 is 6.17 Å². The summed E-state index contributed by atoms with van der Waals surface area (Å²) in [6, 6.07) is 9.59. The SMILES string of the molecule is Cc1cc(N)c2ccc(CCC3CC(F)C(n4cc(N)c5c(N)ccnc54)C3)cc2n1. The Kier molecular flexibility index (Phi) is 4.68. The molecule has 31 heavy (non-hydrogen) atoms. The number of nitrogens with zero attached hydrogens (tertiary/aromatic N) is 3. The second-order valence-corrected chi connectivity index (χ2v) is 8.75. The number of halogens is 1. The maximum atomic E-state index is 15.0. The molecular formula is C24H27FN6. The molecule has 0 radical (unpaired) electrons. The van der Waals surface area contributed by atoms with E-state index in [-0.39, 0.29) is 6.04 Å². The van der Waals surface area contributed by atoms with E-state index in [0.717, 1.165) is 46.9 Å². The minimum Gasteiger partial charge on any atom is -0.398 e. The Morgan fingerprint density at radius 3 is 2.74 bits per heavy atom. The molecule has 1 saturated carbocycles. The van der Waals surface area contributed by atoms with Gasteiger partial charge in [0.2, 0.25) is 0 Å². The van der Waals surface area contributed by atoms with Crippen LogP contribution in [0.25, 0.3) is 21.9 Å². The lowest BCUT2D eigenvalue weighted by Gasteiger charge is -2.16. The van der Waals surface area contributed by atoms with E-state index in [0.29, 0.717) is 29.4 Å². The van der Waals surface area contributed by atoms with E-state index in [4.69, 9.17) is 17.2 Å². The molecule has 3 atom stereocenters. The molecule has 0 saturated heterocycles. The van der Waals surface area contributed by atoms with E-state index in [9.17, 15) is 0 Å². The predicted molar refractivity (Wildman–Crippen MR) is 124 cm³/mol. The number of alkyl halides is 1. The standard InChI is InChI=1S/C24H27FN6/c1-13-8-19(27)16-5-4-14(10-21(16)30-13)2-3-15-9-17(25)22(11-15)31-12-20(28)23-18(26)6-7-29-24(23)31/h4-8,10,12,15,17,22H,2-3,9,11,28H2,1H3,(H2,26,29)(H2,27,30). The van der Waals surface area contributed by atoms with Crippen LogP contribution < -0.4 is 17.2 Å². The van der Waals surface area contributed by atoms with Crippen LogP contribution in [-0.4, -0.2) is 20.7 Å². The van der Waals surface area contributed by atoms with Crippen molar-refractivity contribution in [3.8, 4) is 0 Å². The summed E-state index contributed by atoms with van der Waals surface area (Å²) in [7, 11) is 0. The molecule has 3 aromatic heterocycles. The summed E-state index contributed by atoms with van der Waals surface area (Å²) >= 11 is 0. The minimum atomic E-state index is -0.927. The topological polar surface area (TPSA) is 109 Å². The molecule has 0 bridgehead atoms. The average Bonchev–Trinajstić information content (AvgIpc) is 3.26. The summed E-state index contributed by atoms with van der Waals surface area (Å²) in [5.74, 6) is 0.297. The predicted octanol–water partition coefficient (Wildman–Crippen LogP) is 4.56. The Hall–Kier alpha value is -3.35. The zero-order chi connectivity index (χ0) is 21.7. The molecule has 1 aromatic carbocycles. The van der Waals surface area contributed by atoms with Gasteiger partial charge in [-0.25, -0.2) is 9.37 Å². The molecular weight excluding hydrogens is 391 g/mol. The maximum Gasteiger partial charge on any atom is 0.144 e. The first-order valence-electron chi connectivity index (χ1n) is 10.7. The van der Waals surface area contributed by atoms with Gasteiger partial charge >= 0.3 is 0 Å². The number of hydrogen-bond donors (Lipinski definition) is 3. The van der Waals surface area contributed by atoms with Crippen LogP contribution in [-0.2, 0) is 6.42 Å². The third-order valence-electron chi connectivity index (χ3n) is 6.56. The van der Waals surface area contributed by atoms with Crippen molar-refractivity contribution in [2.75, 3.05) is 17.2 Å². The van der Waals surface area contributed by atoms with Crippen molar-refractivity contribution >= 4 is 39.0 Å². The molecule has 0 spiro atoms. The van der Waals surface area contributed by atoms with E-state index in [2.05, 4.69) is 22.1 Å². The molecule has 6 N–H and O–H groups in total. The number of nitrogen functional groups attached to an aromatic ring is 3. The quantitative estimate of drug-likeness (QED) is 0.450. The molecule has 7 heteroatoms. The lowest BCUT2D eigenvalue weighted by atomic mass is 9.97. The van der Waals surface area contributed by atoms with E-state index >= 15 is 4.39 Å². The van der Waals surface area contributed by atoms with E-state index in [1.807, 2.05) is 23.6 Å². The minimum absolute atomic E-state index is 0.264. The van der Waals surface area contributed by atoms with Gasteiger partial charge in [-0.05, 0) is 62.3 Å². The molecule has 1 aliphatic rings. The molecule has 5 rings (SSSR count). The number of pyridine rings is 2. The first-order valence-corrected chi connectivity index (χ1v) is 10.7. The fourth-order valence-electron chi connectivity index (χ4n) is 5.03. The molecule has 3 unspecified atom stereocenters. The zero-order valence-corrected chi connectivity index (χ0v) is 17.6. The Morgan fingerprint density at radius 1 is 1.06 bits per heavy atom. The normalized spacial score (nSPS) is 21.3. The van der Waals surface area contributed by atoms with Gasteiger partial charge in [0.15, 0.2) is 0 Å². The van der Waals surface area contributed by atoms with Gasteiger partial charge in [0.1, 0.15) is 11.8 Å². The summed E-state index contributed by atoms with van der Waals surface area (Å²) in [6.45, 7) is 1.95. The molecule has 1 fully saturated rings. The van der Waals surface area contributed by atoms with Crippen LogP contribution in [0.5, 0.6) is 0 Å². The number of fused-ring (bicyclic) bond motifs is 2. The zero-order valence-electron chi connectivity index (χ0n) is 17.6. The fourth-order valence-corrected chi connectivity index (χ4v) is 5.03. The van der Waals surface area contributed by atoms with Crippen LogP contribution in [0.2, 0.25) is 0 Å². The van der Waals surface area contributed by atoms with Crippen molar-refractivity contribution in [3.63, 3.8) is 0 Å². The summed E-state index contributed by atoms with van der Waals surface area (Å²) in [5, 5.41) is 1.69. The van der Waals surface area contributed by atoms with Gasteiger partial charge in [-0.15, -0.1) is 0 Å². The second-order valence-electron chi connectivity index (χ2n) is 8.75. The summed E-state index contributed by atoms with van der Waals surface area (Å²) in [5.41, 5.74) is 23.9. The summed E-state index contributed by atoms with van der Waals surface area (Å²) < 4.78 is 16.9. The second kappa shape index (κ2) is 7.41. The maximum absolute atomic E-state index is 15.0. The largest absolute Gasteiger partial charge is 0.398 e. The van der Waals surface area contributed by atoms with Crippen LogP contribution in [0, 0.1) is 12.8 Å². The average molecular weight is 419 g/mol. The first-order chi connectivity index (χ1) is 14.9. The first kappa shape index (κ1) is 19.6.